The first-order chi connectivity index (χ1) is 7.83. The van der Waals surface area contributed by atoms with Gasteiger partial charge in [0.05, 0.1) is 0 Å². The van der Waals surface area contributed by atoms with E-state index in [1.54, 1.807) is 0 Å². The second-order valence-corrected chi connectivity index (χ2v) is 5.72. The fourth-order valence-corrected chi connectivity index (χ4v) is 3.73. The van der Waals surface area contributed by atoms with Crippen LogP contribution in [0.1, 0.15) is 44.9 Å². The van der Waals surface area contributed by atoms with Gasteiger partial charge in [-0.3, -0.25) is 9.69 Å². The molecule has 3 fully saturated rings. The summed E-state index contributed by atoms with van der Waals surface area (Å²) in [4.78, 5) is 14.2. The Morgan fingerprint density at radius 2 is 1.88 bits per heavy atom. The summed E-state index contributed by atoms with van der Waals surface area (Å²) < 4.78 is 0. The van der Waals surface area contributed by atoms with Crippen LogP contribution in [0.15, 0.2) is 0 Å². The highest BCUT2D eigenvalue weighted by Gasteiger charge is 2.38. The van der Waals surface area contributed by atoms with Crippen molar-refractivity contribution in [2.45, 2.75) is 57.0 Å². The topological polar surface area (TPSA) is 32.3 Å². The number of carbonyl (C=O) groups excluding carboxylic acids is 1. The zero-order valence-electron chi connectivity index (χ0n) is 9.95. The lowest BCUT2D eigenvalue weighted by atomic mass is 9.99. The van der Waals surface area contributed by atoms with Crippen LogP contribution in [0.5, 0.6) is 0 Å². The summed E-state index contributed by atoms with van der Waals surface area (Å²) in [5, 5.41) is 3.21. The Kier molecular flexibility index (Phi) is 2.88. The van der Waals surface area contributed by atoms with E-state index in [0.29, 0.717) is 6.04 Å². The largest absolute Gasteiger partial charge is 0.352 e. The lowest BCUT2D eigenvalue weighted by molar-refractivity contribution is -0.121. The van der Waals surface area contributed by atoms with Crippen molar-refractivity contribution in [3.63, 3.8) is 0 Å². The van der Waals surface area contributed by atoms with Gasteiger partial charge in [0, 0.05) is 31.6 Å². The first kappa shape index (κ1) is 10.6. The van der Waals surface area contributed by atoms with Gasteiger partial charge in [0.2, 0.25) is 5.91 Å². The van der Waals surface area contributed by atoms with Gasteiger partial charge >= 0.3 is 0 Å². The molecule has 1 aliphatic carbocycles. The number of nitrogens with one attached hydrogen (secondary N) is 1. The molecule has 1 N–H and O–H groups in total. The van der Waals surface area contributed by atoms with Crippen LogP contribution in [0.4, 0.5) is 0 Å². The van der Waals surface area contributed by atoms with Crippen LogP contribution >= 0.6 is 0 Å². The fraction of sp³-hybridized carbons (Fsp3) is 0.923. The molecule has 0 aromatic rings. The molecule has 3 heteroatoms. The monoisotopic (exact) mass is 222 g/mol. The highest BCUT2D eigenvalue weighted by Crippen LogP contribution is 2.31. The second-order valence-electron chi connectivity index (χ2n) is 5.72. The molecule has 0 aromatic carbocycles. The summed E-state index contributed by atoms with van der Waals surface area (Å²) in [6.45, 7) is 2.34. The molecule has 1 amide bonds. The number of fused-ring (bicyclic) bond motifs is 1. The second kappa shape index (κ2) is 4.36. The van der Waals surface area contributed by atoms with Crippen LogP contribution in [0.2, 0.25) is 0 Å². The van der Waals surface area contributed by atoms with Crippen molar-refractivity contribution >= 4 is 5.91 Å². The van der Waals surface area contributed by atoms with Gasteiger partial charge in [-0.2, -0.15) is 0 Å². The lowest BCUT2D eigenvalue weighted by Gasteiger charge is -2.23. The van der Waals surface area contributed by atoms with Gasteiger partial charge < -0.3 is 5.32 Å². The van der Waals surface area contributed by atoms with Gasteiger partial charge in [0.1, 0.15) is 0 Å². The Morgan fingerprint density at radius 3 is 2.69 bits per heavy atom. The third kappa shape index (κ3) is 1.97. The van der Waals surface area contributed by atoms with E-state index >= 15 is 0 Å². The average Bonchev–Trinajstić information content (AvgIpc) is 2.86. The van der Waals surface area contributed by atoms with Gasteiger partial charge in [-0.05, 0) is 31.6 Å². The minimum absolute atomic E-state index is 0.278. The van der Waals surface area contributed by atoms with Crippen molar-refractivity contribution in [2.75, 3.05) is 13.1 Å². The van der Waals surface area contributed by atoms with E-state index in [4.69, 9.17) is 0 Å². The minimum Gasteiger partial charge on any atom is -0.352 e. The number of amides is 1. The molecule has 2 aliphatic heterocycles. The predicted molar refractivity (Wildman–Crippen MR) is 63.1 cm³/mol. The van der Waals surface area contributed by atoms with Gasteiger partial charge in [0.25, 0.3) is 0 Å². The summed E-state index contributed by atoms with van der Waals surface area (Å²) >= 11 is 0. The Morgan fingerprint density at radius 1 is 1.06 bits per heavy atom. The molecule has 3 aliphatic rings. The molecule has 2 heterocycles. The quantitative estimate of drug-likeness (QED) is 0.729. The predicted octanol–water partition coefficient (Wildman–Crippen LogP) is 1.53. The molecule has 2 atom stereocenters. The molecular weight excluding hydrogens is 200 g/mol. The van der Waals surface area contributed by atoms with Gasteiger partial charge in [-0.25, -0.2) is 0 Å². The Balaban J connectivity index is 1.64. The van der Waals surface area contributed by atoms with Crippen molar-refractivity contribution < 1.29 is 4.79 Å². The summed E-state index contributed by atoms with van der Waals surface area (Å²) in [5.41, 5.74) is 0. The smallest absolute Gasteiger partial charge is 0.220 e. The zero-order chi connectivity index (χ0) is 11.0. The van der Waals surface area contributed by atoms with E-state index in [1.165, 1.54) is 38.6 Å². The Labute approximate surface area is 97.6 Å². The van der Waals surface area contributed by atoms with Gasteiger partial charge in [-0.1, -0.05) is 12.8 Å². The minimum atomic E-state index is 0.278. The number of carbonyl (C=O) groups is 1. The molecule has 0 spiro atoms. The van der Waals surface area contributed by atoms with E-state index in [1.807, 2.05) is 0 Å². The SMILES string of the molecule is O=C1CCC[C@@H]2CN(C3CCCC3)C[C@@H]2N1. The van der Waals surface area contributed by atoms with Gasteiger partial charge in [-0.15, -0.1) is 0 Å². The Hall–Kier alpha value is -0.570. The number of hydrogen-bond donors (Lipinski definition) is 1. The van der Waals surface area contributed by atoms with Crippen LogP contribution in [0.25, 0.3) is 0 Å². The highest BCUT2D eigenvalue weighted by atomic mass is 16.1. The van der Waals surface area contributed by atoms with Crippen molar-refractivity contribution in [1.82, 2.24) is 10.2 Å². The summed E-state index contributed by atoms with van der Waals surface area (Å²) in [5.74, 6) is 1.01. The van der Waals surface area contributed by atoms with Crippen molar-refractivity contribution in [2.24, 2.45) is 5.92 Å². The van der Waals surface area contributed by atoms with Crippen LogP contribution in [0.3, 0.4) is 0 Å². The zero-order valence-corrected chi connectivity index (χ0v) is 9.95. The molecule has 90 valence electrons. The molecular formula is C13H22N2O. The number of nitrogens with zero attached hydrogens (tertiary/aromatic N) is 1. The molecule has 0 bridgehead atoms. The number of rotatable bonds is 1. The normalized spacial score (nSPS) is 37.1. The third-order valence-corrected chi connectivity index (χ3v) is 4.64. The van der Waals surface area contributed by atoms with E-state index in [9.17, 15) is 4.79 Å². The molecule has 3 nitrogen and oxygen atoms in total. The van der Waals surface area contributed by atoms with E-state index in [-0.39, 0.29) is 5.91 Å². The first-order valence-electron chi connectivity index (χ1n) is 6.86. The van der Waals surface area contributed by atoms with Crippen molar-refractivity contribution in [3.8, 4) is 0 Å². The molecule has 0 aromatic heterocycles. The maximum Gasteiger partial charge on any atom is 0.220 e. The fourth-order valence-electron chi connectivity index (χ4n) is 3.73. The number of hydrogen-bond acceptors (Lipinski definition) is 2. The molecule has 16 heavy (non-hydrogen) atoms. The van der Waals surface area contributed by atoms with E-state index < -0.39 is 0 Å². The van der Waals surface area contributed by atoms with Crippen LogP contribution in [0, 0.1) is 5.92 Å². The average molecular weight is 222 g/mol. The molecule has 0 unspecified atom stereocenters. The van der Waals surface area contributed by atoms with Crippen molar-refractivity contribution in [1.29, 1.82) is 0 Å². The lowest BCUT2D eigenvalue weighted by Crippen LogP contribution is -2.39. The highest BCUT2D eigenvalue weighted by molar-refractivity contribution is 5.76. The maximum atomic E-state index is 11.5. The summed E-state index contributed by atoms with van der Waals surface area (Å²) in [7, 11) is 0. The summed E-state index contributed by atoms with van der Waals surface area (Å²) in [6.07, 6.45) is 8.65. The molecule has 3 rings (SSSR count). The molecule has 0 radical (unpaired) electrons. The van der Waals surface area contributed by atoms with E-state index in [2.05, 4.69) is 10.2 Å². The molecule has 2 saturated heterocycles. The van der Waals surface area contributed by atoms with Crippen molar-refractivity contribution in [3.05, 3.63) is 0 Å². The van der Waals surface area contributed by atoms with E-state index in [0.717, 1.165) is 31.3 Å². The number of likely N-dealkylation sites (tertiary alicyclic amines) is 1. The van der Waals surface area contributed by atoms with Crippen LogP contribution in [-0.2, 0) is 4.79 Å². The van der Waals surface area contributed by atoms with Crippen LogP contribution < -0.4 is 5.32 Å². The maximum absolute atomic E-state index is 11.5. The van der Waals surface area contributed by atoms with Crippen LogP contribution in [-0.4, -0.2) is 36.0 Å². The third-order valence-electron chi connectivity index (χ3n) is 4.64. The standard InChI is InChI=1S/C13H22N2O/c16-13-7-3-4-10-8-15(9-12(10)14-13)11-5-1-2-6-11/h10-12H,1-9H2,(H,14,16)/t10-,12+/m1/s1. The first-order valence-corrected chi connectivity index (χ1v) is 6.86. The molecule has 1 saturated carbocycles. The Bertz CT molecular complexity index is 273. The van der Waals surface area contributed by atoms with Gasteiger partial charge in [0.15, 0.2) is 0 Å². The summed E-state index contributed by atoms with van der Waals surface area (Å²) in [6, 6.07) is 1.28.